The molecule has 0 aliphatic heterocycles. The molecule has 0 aromatic carbocycles. The molecule has 1 rings (SSSR count). The third-order valence-electron chi connectivity index (χ3n) is 1.54. The van der Waals surface area contributed by atoms with Gasteiger partial charge in [0.05, 0.1) is 12.8 Å². The fraction of sp³-hybridized carbons (Fsp3) is 0.625. The largest absolute Gasteiger partial charge is 0.478 e. The summed E-state index contributed by atoms with van der Waals surface area (Å²) < 4.78 is 7.26. The van der Waals surface area contributed by atoms with Crippen molar-refractivity contribution in [3.63, 3.8) is 0 Å². The first-order valence-corrected chi connectivity index (χ1v) is 3.94. The zero-order chi connectivity index (χ0) is 8.27. The Labute approximate surface area is 67.0 Å². The van der Waals surface area contributed by atoms with Crippen molar-refractivity contribution < 1.29 is 4.74 Å². The van der Waals surface area contributed by atoms with Crippen LogP contribution in [0.4, 0.5) is 0 Å². The molecule has 0 saturated carbocycles. The van der Waals surface area contributed by atoms with Crippen LogP contribution in [0, 0.1) is 6.92 Å². The lowest BCUT2D eigenvalue weighted by molar-refractivity contribution is 0.301. The molecule has 1 aromatic heterocycles. The zero-order valence-corrected chi connectivity index (χ0v) is 7.29. The Kier molecular flexibility index (Phi) is 2.52. The van der Waals surface area contributed by atoms with Crippen molar-refractivity contribution in [2.45, 2.75) is 27.3 Å². The summed E-state index contributed by atoms with van der Waals surface area (Å²) in [5.41, 5.74) is 1.11. The second-order valence-corrected chi connectivity index (χ2v) is 2.38. The SMILES string of the molecule is CCOc1c(C)cnn1CC. The second kappa shape index (κ2) is 3.42. The van der Waals surface area contributed by atoms with Crippen molar-refractivity contribution in [1.82, 2.24) is 9.78 Å². The van der Waals surface area contributed by atoms with Crippen LogP contribution in [0.25, 0.3) is 0 Å². The second-order valence-electron chi connectivity index (χ2n) is 2.38. The molecule has 3 heteroatoms. The molecule has 62 valence electrons. The van der Waals surface area contributed by atoms with Gasteiger partial charge in [0.15, 0.2) is 0 Å². The monoisotopic (exact) mass is 154 g/mol. The summed E-state index contributed by atoms with van der Waals surface area (Å²) in [6.07, 6.45) is 1.83. The molecule has 0 unspecified atom stereocenters. The van der Waals surface area contributed by atoms with Gasteiger partial charge in [0, 0.05) is 12.1 Å². The van der Waals surface area contributed by atoms with Gasteiger partial charge in [0.25, 0.3) is 0 Å². The first kappa shape index (κ1) is 8.11. The molecule has 0 N–H and O–H groups in total. The predicted octanol–water partition coefficient (Wildman–Crippen LogP) is 1.61. The molecule has 11 heavy (non-hydrogen) atoms. The lowest BCUT2D eigenvalue weighted by Gasteiger charge is -2.05. The van der Waals surface area contributed by atoms with Crippen LogP contribution in [-0.4, -0.2) is 16.4 Å². The van der Waals surface area contributed by atoms with Gasteiger partial charge in [-0.3, -0.25) is 0 Å². The summed E-state index contributed by atoms with van der Waals surface area (Å²) in [6, 6.07) is 0. The van der Waals surface area contributed by atoms with Crippen LogP contribution < -0.4 is 4.74 Å². The summed E-state index contributed by atoms with van der Waals surface area (Å²) in [6.45, 7) is 7.60. The highest BCUT2D eigenvalue weighted by atomic mass is 16.5. The van der Waals surface area contributed by atoms with Crippen molar-refractivity contribution in [2.75, 3.05) is 6.61 Å². The molecular weight excluding hydrogens is 140 g/mol. The number of hydrogen-bond donors (Lipinski definition) is 0. The Balaban J connectivity index is 2.88. The lowest BCUT2D eigenvalue weighted by atomic mass is 10.4. The standard InChI is InChI=1S/C8H14N2O/c1-4-10-8(11-5-2)7(3)6-9-10/h6H,4-5H2,1-3H3. The van der Waals surface area contributed by atoms with Crippen LogP contribution in [0.1, 0.15) is 19.4 Å². The van der Waals surface area contributed by atoms with Gasteiger partial charge in [-0.05, 0) is 20.8 Å². The Hall–Kier alpha value is -0.990. The molecule has 0 fully saturated rings. The number of ether oxygens (including phenoxy) is 1. The van der Waals surface area contributed by atoms with Crippen molar-refractivity contribution in [3.8, 4) is 5.88 Å². The highest BCUT2D eigenvalue weighted by molar-refractivity contribution is 5.21. The Morgan fingerprint density at radius 2 is 2.27 bits per heavy atom. The third-order valence-corrected chi connectivity index (χ3v) is 1.54. The van der Waals surface area contributed by atoms with E-state index in [0.717, 1.165) is 18.0 Å². The van der Waals surface area contributed by atoms with Crippen molar-refractivity contribution >= 4 is 0 Å². The number of rotatable bonds is 3. The number of aromatic nitrogens is 2. The van der Waals surface area contributed by atoms with Crippen LogP contribution in [0.5, 0.6) is 5.88 Å². The van der Waals surface area contributed by atoms with Gasteiger partial charge < -0.3 is 4.74 Å². The van der Waals surface area contributed by atoms with Crippen molar-refractivity contribution in [1.29, 1.82) is 0 Å². The van der Waals surface area contributed by atoms with Gasteiger partial charge in [-0.15, -0.1) is 0 Å². The fourth-order valence-corrected chi connectivity index (χ4v) is 1.02. The molecule has 0 radical (unpaired) electrons. The first-order valence-electron chi connectivity index (χ1n) is 3.94. The number of aryl methyl sites for hydroxylation is 2. The summed E-state index contributed by atoms with van der Waals surface area (Å²) in [4.78, 5) is 0. The van der Waals surface area contributed by atoms with E-state index in [-0.39, 0.29) is 0 Å². The minimum Gasteiger partial charge on any atom is -0.478 e. The molecule has 0 spiro atoms. The van der Waals surface area contributed by atoms with Crippen LogP contribution in [0.3, 0.4) is 0 Å². The summed E-state index contributed by atoms with van der Waals surface area (Å²) >= 11 is 0. The van der Waals surface area contributed by atoms with Gasteiger partial charge in [0.2, 0.25) is 5.88 Å². The van der Waals surface area contributed by atoms with Crippen molar-refractivity contribution in [2.24, 2.45) is 0 Å². The van der Waals surface area contributed by atoms with E-state index in [9.17, 15) is 0 Å². The highest BCUT2D eigenvalue weighted by Gasteiger charge is 2.04. The average Bonchev–Trinajstić information content (AvgIpc) is 2.34. The number of nitrogens with zero attached hydrogens (tertiary/aromatic N) is 2. The van der Waals surface area contributed by atoms with E-state index in [2.05, 4.69) is 12.0 Å². The van der Waals surface area contributed by atoms with Gasteiger partial charge in [0.1, 0.15) is 0 Å². The Morgan fingerprint density at radius 1 is 1.55 bits per heavy atom. The van der Waals surface area contributed by atoms with E-state index in [4.69, 9.17) is 4.74 Å². The average molecular weight is 154 g/mol. The first-order chi connectivity index (χ1) is 5.29. The van der Waals surface area contributed by atoms with E-state index < -0.39 is 0 Å². The molecule has 0 aliphatic rings. The van der Waals surface area contributed by atoms with E-state index >= 15 is 0 Å². The molecule has 0 saturated heterocycles. The molecule has 3 nitrogen and oxygen atoms in total. The Bertz CT molecular complexity index is 230. The molecule has 0 atom stereocenters. The van der Waals surface area contributed by atoms with Gasteiger partial charge in [-0.25, -0.2) is 4.68 Å². The lowest BCUT2D eigenvalue weighted by Crippen LogP contribution is -2.03. The molecule has 0 amide bonds. The van der Waals surface area contributed by atoms with E-state index in [1.807, 2.05) is 24.7 Å². The highest BCUT2D eigenvalue weighted by Crippen LogP contribution is 2.15. The van der Waals surface area contributed by atoms with Crippen LogP contribution in [0.2, 0.25) is 0 Å². The van der Waals surface area contributed by atoms with E-state index in [1.54, 1.807) is 0 Å². The fourth-order valence-electron chi connectivity index (χ4n) is 1.02. The summed E-state index contributed by atoms with van der Waals surface area (Å²) in [7, 11) is 0. The quantitative estimate of drug-likeness (QED) is 0.661. The minimum atomic E-state index is 0.701. The van der Waals surface area contributed by atoms with E-state index in [0.29, 0.717) is 6.61 Å². The maximum Gasteiger partial charge on any atom is 0.214 e. The third kappa shape index (κ3) is 1.53. The Morgan fingerprint density at radius 3 is 2.82 bits per heavy atom. The maximum atomic E-state index is 5.40. The normalized spacial score (nSPS) is 10.1. The number of hydrogen-bond acceptors (Lipinski definition) is 2. The van der Waals surface area contributed by atoms with E-state index in [1.165, 1.54) is 0 Å². The summed E-state index contributed by atoms with van der Waals surface area (Å²) in [5, 5.41) is 4.14. The smallest absolute Gasteiger partial charge is 0.214 e. The van der Waals surface area contributed by atoms with Crippen molar-refractivity contribution in [3.05, 3.63) is 11.8 Å². The zero-order valence-electron chi connectivity index (χ0n) is 7.29. The predicted molar refractivity (Wildman–Crippen MR) is 43.8 cm³/mol. The summed E-state index contributed by atoms with van der Waals surface area (Å²) in [5.74, 6) is 0.898. The van der Waals surface area contributed by atoms with Gasteiger partial charge in [-0.2, -0.15) is 5.10 Å². The van der Waals surface area contributed by atoms with Crippen LogP contribution in [0.15, 0.2) is 6.20 Å². The van der Waals surface area contributed by atoms with Crippen LogP contribution >= 0.6 is 0 Å². The van der Waals surface area contributed by atoms with Gasteiger partial charge >= 0.3 is 0 Å². The molecule has 0 bridgehead atoms. The maximum absolute atomic E-state index is 5.40. The molecule has 1 aromatic rings. The minimum absolute atomic E-state index is 0.701. The topological polar surface area (TPSA) is 27.1 Å². The molecule has 1 heterocycles. The van der Waals surface area contributed by atoms with Crippen LogP contribution in [-0.2, 0) is 6.54 Å². The van der Waals surface area contributed by atoms with Gasteiger partial charge in [-0.1, -0.05) is 0 Å². The molecule has 0 aliphatic carbocycles. The molecular formula is C8H14N2O.